The van der Waals surface area contributed by atoms with Gasteiger partial charge in [0, 0.05) is 17.4 Å². The molecular formula is C14H15NO4S. The number of hydrogen-bond donors (Lipinski definition) is 0. The van der Waals surface area contributed by atoms with Gasteiger partial charge >= 0.3 is 5.97 Å². The van der Waals surface area contributed by atoms with Crippen molar-refractivity contribution in [2.45, 2.75) is 33.3 Å². The highest BCUT2D eigenvalue weighted by Crippen LogP contribution is 2.17. The number of nitrogens with zero attached hydrogens (tertiary/aromatic N) is 1. The van der Waals surface area contributed by atoms with Crippen molar-refractivity contribution in [1.82, 2.24) is 5.16 Å². The van der Waals surface area contributed by atoms with Crippen LogP contribution in [0, 0.1) is 13.8 Å². The van der Waals surface area contributed by atoms with Crippen LogP contribution in [0.4, 0.5) is 0 Å². The van der Waals surface area contributed by atoms with Crippen LogP contribution in [0.15, 0.2) is 22.7 Å². The van der Waals surface area contributed by atoms with Crippen LogP contribution in [-0.4, -0.2) is 16.9 Å². The summed E-state index contributed by atoms with van der Waals surface area (Å²) in [5.41, 5.74) is 0.735. The zero-order valence-electron chi connectivity index (χ0n) is 11.3. The van der Waals surface area contributed by atoms with Crippen LogP contribution in [0.3, 0.4) is 0 Å². The molecule has 0 spiro atoms. The summed E-state index contributed by atoms with van der Waals surface area (Å²) in [5, 5.41) is 3.69. The molecule has 0 bridgehead atoms. The molecule has 2 aromatic rings. The van der Waals surface area contributed by atoms with Crippen molar-refractivity contribution in [3.63, 3.8) is 0 Å². The number of rotatable bonds is 6. The second-order valence-corrected chi connectivity index (χ2v) is 5.72. The first kappa shape index (κ1) is 14.5. The van der Waals surface area contributed by atoms with Gasteiger partial charge in [-0.2, -0.15) is 0 Å². The number of esters is 1. The summed E-state index contributed by atoms with van der Waals surface area (Å²) in [6.07, 6.45) is 0.233. The first-order valence-corrected chi connectivity index (χ1v) is 7.03. The summed E-state index contributed by atoms with van der Waals surface area (Å²) in [4.78, 5) is 25.1. The Morgan fingerprint density at radius 3 is 2.70 bits per heavy atom. The van der Waals surface area contributed by atoms with Gasteiger partial charge in [0.05, 0.1) is 17.0 Å². The molecule has 106 valence electrons. The van der Waals surface area contributed by atoms with Crippen LogP contribution in [0.5, 0.6) is 0 Å². The molecule has 0 aromatic carbocycles. The average molecular weight is 293 g/mol. The van der Waals surface area contributed by atoms with Crippen LogP contribution in [0.1, 0.15) is 38.8 Å². The van der Waals surface area contributed by atoms with Gasteiger partial charge in [0.2, 0.25) is 0 Å². The number of carbonyl (C=O) groups is 2. The smallest absolute Gasteiger partial charge is 0.306 e. The van der Waals surface area contributed by atoms with Crippen molar-refractivity contribution in [2.75, 3.05) is 0 Å². The number of ether oxygens (including phenoxy) is 1. The van der Waals surface area contributed by atoms with E-state index in [1.807, 2.05) is 13.0 Å². The van der Waals surface area contributed by atoms with Crippen molar-refractivity contribution >= 4 is 23.1 Å². The molecule has 20 heavy (non-hydrogen) atoms. The first-order valence-electron chi connectivity index (χ1n) is 6.22. The Labute approximate surface area is 120 Å². The van der Waals surface area contributed by atoms with Crippen molar-refractivity contribution in [3.05, 3.63) is 39.4 Å². The highest BCUT2D eigenvalue weighted by atomic mass is 32.1. The van der Waals surface area contributed by atoms with Gasteiger partial charge in [-0.1, -0.05) is 5.16 Å². The van der Waals surface area contributed by atoms with Gasteiger partial charge in [-0.05, 0) is 26.0 Å². The van der Waals surface area contributed by atoms with E-state index in [1.54, 1.807) is 19.1 Å². The molecule has 0 aliphatic heterocycles. The minimum atomic E-state index is -0.416. The fraction of sp³-hybridized carbons (Fsp3) is 0.357. The van der Waals surface area contributed by atoms with Crippen LogP contribution < -0.4 is 0 Å². The summed E-state index contributed by atoms with van der Waals surface area (Å²) in [5.74, 6) is 0.0484. The molecule has 0 radical (unpaired) electrons. The van der Waals surface area contributed by atoms with Gasteiger partial charge in [-0.15, -0.1) is 11.3 Å². The molecule has 0 amide bonds. The predicted octanol–water partition coefficient (Wildman–Crippen LogP) is 3.06. The fourth-order valence-electron chi connectivity index (χ4n) is 1.63. The lowest BCUT2D eigenvalue weighted by Gasteiger charge is -2.01. The first-order chi connectivity index (χ1) is 9.54. The highest BCUT2D eigenvalue weighted by Gasteiger charge is 2.12. The average Bonchev–Trinajstić information content (AvgIpc) is 3.02. The zero-order valence-corrected chi connectivity index (χ0v) is 12.2. The number of Topliss-reactive ketones (excluding diaryl/α,β-unsaturated/α-hetero) is 1. The second kappa shape index (κ2) is 6.47. The normalized spacial score (nSPS) is 10.5. The van der Waals surface area contributed by atoms with E-state index >= 15 is 0 Å². The van der Waals surface area contributed by atoms with Crippen LogP contribution in [0.2, 0.25) is 0 Å². The number of thiophene rings is 1. The van der Waals surface area contributed by atoms with E-state index in [-0.39, 0.29) is 25.2 Å². The Morgan fingerprint density at radius 2 is 2.10 bits per heavy atom. The third-order valence-electron chi connectivity index (χ3n) is 2.62. The Kier molecular flexibility index (Phi) is 4.68. The zero-order chi connectivity index (χ0) is 14.5. The largest absolute Gasteiger partial charge is 0.457 e. The molecular weight excluding hydrogens is 278 g/mol. The Morgan fingerprint density at radius 1 is 1.30 bits per heavy atom. The van der Waals surface area contributed by atoms with Crippen LogP contribution in [-0.2, 0) is 16.1 Å². The molecule has 6 heteroatoms. The number of hydrogen-bond acceptors (Lipinski definition) is 6. The van der Waals surface area contributed by atoms with Gasteiger partial charge in [-0.25, -0.2) is 0 Å². The van der Waals surface area contributed by atoms with E-state index in [4.69, 9.17) is 9.26 Å². The van der Waals surface area contributed by atoms with E-state index in [1.165, 1.54) is 11.3 Å². The summed E-state index contributed by atoms with van der Waals surface area (Å²) in [6.45, 7) is 3.78. The maximum atomic E-state index is 11.8. The summed E-state index contributed by atoms with van der Waals surface area (Å²) in [6, 6.07) is 5.38. The monoisotopic (exact) mass is 293 g/mol. The topological polar surface area (TPSA) is 69.4 Å². The van der Waals surface area contributed by atoms with E-state index in [0.717, 1.165) is 10.6 Å². The SMILES string of the molecule is Cc1cc(COC(=O)CCC(=O)c2ccc(C)s2)on1. The molecule has 2 heterocycles. The van der Waals surface area contributed by atoms with Crippen molar-refractivity contribution in [1.29, 1.82) is 0 Å². The van der Waals surface area contributed by atoms with Gasteiger partial charge in [0.15, 0.2) is 18.2 Å². The molecule has 2 aromatic heterocycles. The van der Waals surface area contributed by atoms with Crippen LogP contribution >= 0.6 is 11.3 Å². The van der Waals surface area contributed by atoms with Gasteiger partial charge in [0.25, 0.3) is 0 Å². The summed E-state index contributed by atoms with van der Waals surface area (Å²) >= 11 is 1.44. The molecule has 0 aliphatic carbocycles. The Bertz CT molecular complexity index is 614. The standard InChI is InChI=1S/C14H15NO4S/c1-9-7-11(19-15-9)8-18-14(17)6-4-12(16)13-5-3-10(2)20-13/h3,5,7H,4,6,8H2,1-2H3. The maximum absolute atomic E-state index is 11.8. The fourth-order valence-corrected chi connectivity index (χ4v) is 2.47. The number of aromatic nitrogens is 1. The van der Waals surface area contributed by atoms with Crippen molar-refractivity contribution in [2.24, 2.45) is 0 Å². The number of carbonyl (C=O) groups excluding carboxylic acids is 2. The second-order valence-electron chi connectivity index (χ2n) is 4.43. The predicted molar refractivity (Wildman–Crippen MR) is 73.7 cm³/mol. The highest BCUT2D eigenvalue weighted by molar-refractivity contribution is 7.14. The Balaban J connectivity index is 1.73. The molecule has 0 unspecified atom stereocenters. The third-order valence-corrected chi connectivity index (χ3v) is 3.67. The molecule has 2 rings (SSSR count). The summed E-state index contributed by atoms with van der Waals surface area (Å²) in [7, 11) is 0. The van der Waals surface area contributed by atoms with Crippen molar-refractivity contribution < 1.29 is 18.8 Å². The maximum Gasteiger partial charge on any atom is 0.306 e. The van der Waals surface area contributed by atoms with Gasteiger partial charge in [-0.3, -0.25) is 9.59 Å². The van der Waals surface area contributed by atoms with E-state index in [0.29, 0.717) is 10.6 Å². The lowest BCUT2D eigenvalue weighted by atomic mass is 10.2. The minimum absolute atomic E-state index is 0.0319. The molecule has 0 aliphatic rings. The summed E-state index contributed by atoms with van der Waals surface area (Å²) < 4.78 is 9.93. The Hall–Kier alpha value is -1.95. The lowest BCUT2D eigenvalue weighted by molar-refractivity contribution is -0.145. The minimum Gasteiger partial charge on any atom is -0.457 e. The lowest BCUT2D eigenvalue weighted by Crippen LogP contribution is -2.07. The molecule has 0 N–H and O–H groups in total. The van der Waals surface area contributed by atoms with Gasteiger partial charge < -0.3 is 9.26 Å². The molecule has 0 atom stereocenters. The van der Waals surface area contributed by atoms with Crippen molar-refractivity contribution in [3.8, 4) is 0 Å². The van der Waals surface area contributed by atoms with E-state index in [2.05, 4.69) is 5.16 Å². The van der Waals surface area contributed by atoms with E-state index < -0.39 is 5.97 Å². The molecule has 5 nitrogen and oxygen atoms in total. The third kappa shape index (κ3) is 4.03. The van der Waals surface area contributed by atoms with Gasteiger partial charge in [0.1, 0.15) is 0 Å². The van der Waals surface area contributed by atoms with E-state index in [9.17, 15) is 9.59 Å². The van der Waals surface area contributed by atoms with Crippen LogP contribution in [0.25, 0.3) is 0 Å². The molecule has 0 saturated carbocycles. The molecule has 0 saturated heterocycles. The quantitative estimate of drug-likeness (QED) is 0.604. The number of ketones is 1. The molecule has 0 fully saturated rings. The number of aryl methyl sites for hydroxylation is 2.